The van der Waals surface area contributed by atoms with Gasteiger partial charge in [-0.3, -0.25) is 0 Å². The number of carbonyl (C=O) groups is 2. The van der Waals surface area contributed by atoms with Crippen molar-refractivity contribution in [2.45, 2.75) is 9.79 Å². The number of amidine groups is 1. The van der Waals surface area contributed by atoms with Crippen LogP contribution in [0.4, 0.5) is 5.69 Å². The first-order valence-corrected chi connectivity index (χ1v) is 9.91. The molecule has 1 fully saturated rings. The molecule has 0 atom stereocenters. The number of carboxylic acids is 2. The van der Waals surface area contributed by atoms with Gasteiger partial charge >= 0.3 is 11.9 Å². The normalized spacial score (nSPS) is 15.3. The van der Waals surface area contributed by atoms with E-state index in [-0.39, 0.29) is 0 Å². The molecule has 2 aliphatic rings. The Labute approximate surface area is 172 Å². The third-order valence-corrected chi connectivity index (χ3v) is 5.37. The highest BCUT2D eigenvalue weighted by Crippen LogP contribution is 2.40. The molecule has 8 heteroatoms. The highest BCUT2D eigenvalue weighted by Gasteiger charge is 2.22. The third kappa shape index (κ3) is 5.69. The fraction of sp³-hybridized carbons (Fsp3) is 0.190. The summed E-state index contributed by atoms with van der Waals surface area (Å²) in [6.07, 6.45) is 1.12. The quantitative estimate of drug-likeness (QED) is 0.653. The third-order valence-electron chi connectivity index (χ3n) is 4.22. The number of benzene rings is 2. The lowest BCUT2D eigenvalue weighted by Crippen LogP contribution is -2.46. The van der Waals surface area contributed by atoms with E-state index in [2.05, 4.69) is 58.7 Å². The van der Waals surface area contributed by atoms with Crippen molar-refractivity contribution in [1.29, 1.82) is 0 Å². The van der Waals surface area contributed by atoms with Crippen molar-refractivity contribution >= 4 is 35.2 Å². The number of fused-ring (bicyclic) bond motifs is 2. The van der Waals surface area contributed by atoms with Gasteiger partial charge in [-0.05, 0) is 18.2 Å². The predicted octanol–water partition coefficient (Wildman–Crippen LogP) is 2.85. The molecule has 0 unspecified atom stereocenters. The molecular formula is C21H21N3O4S. The smallest absolute Gasteiger partial charge is 0.328 e. The summed E-state index contributed by atoms with van der Waals surface area (Å²) >= 11 is 1.81. The molecule has 0 aliphatic carbocycles. The number of nitrogens with one attached hydrogen (secondary N) is 1. The Morgan fingerprint density at radius 3 is 2.17 bits per heavy atom. The number of rotatable bonds is 2. The maximum Gasteiger partial charge on any atom is 0.328 e. The fourth-order valence-corrected chi connectivity index (χ4v) is 3.95. The summed E-state index contributed by atoms with van der Waals surface area (Å²) in [6, 6.07) is 17.0. The summed E-state index contributed by atoms with van der Waals surface area (Å²) in [4.78, 5) is 29.0. The van der Waals surface area contributed by atoms with Crippen LogP contribution in [0.25, 0.3) is 0 Å². The van der Waals surface area contributed by atoms with Gasteiger partial charge in [0.25, 0.3) is 0 Å². The van der Waals surface area contributed by atoms with Crippen molar-refractivity contribution in [1.82, 2.24) is 10.2 Å². The first kappa shape index (κ1) is 20.6. The molecule has 7 nitrogen and oxygen atoms in total. The van der Waals surface area contributed by atoms with Gasteiger partial charge in [0.2, 0.25) is 0 Å². The van der Waals surface area contributed by atoms with Gasteiger partial charge in [0.1, 0.15) is 5.84 Å². The first-order chi connectivity index (χ1) is 14.0. The van der Waals surface area contributed by atoms with Gasteiger partial charge in [-0.2, -0.15) is 0 Å². The SMILES string of the molecule is O=C(O)/C=C\C(=O)O.c1ccc2c(c1)N=C(N1CCNCC1)c1ccccc1S2. The minimum atomic E-state index is -1.26. The Morgan fingerprint density at radius 2 is 1.52 bits per heavy atom. The zero-order chi connectivity index (χ0) is 20.6. The van der Waals surface area contributed by atoms with Crippen LogP contribution >= 0.6 is 11.8 Å². The summed E-state index contributed by atoms with van der Waals surface area (Å²) in [5.74, 6) is -1.40. The van der Waals surface area contributed by atoms with Crippen LogP contribution in [0, 0.1) is 0 Å². The first-order valence-electron chi connectivity index (χ1n) is 9.09. The molecule has 2 aromatic rings. The van der Waals surface area contributed by atoms with E-state index in [1.807, 2.05) is 11.8 Å². The van der Waals surface area contributed by atoms with Crippen LogP contribution in [0.3, 0.4) is 0 Å². The zero-order valence-electron chi connectivity index (χ0n) is 15.6. The number of aliphatic imine (C=N–C) groups is 1. The number of carboxylic acid groups (broad SMARTS) is 2. The molecule has 2 aromatic carbocycles. The van der Waals surface area contributed by atoms with Crippen LogP contribution in [-0.2, 0) is 9.59 Å². The Kier molecular flexibility index (Phi) is 7.04. The van der Waals surface area contributed by atoms with Crippen LogP contribution in [0.5, 0.6) is 0 Å². The van der Waals surface area contributed by atoms with Gasteiger partial charge in [-0.25, -0.2) is 14.6 Å². The standard InChI is InChI=1S/C17H17N3S.C4H4O4/c1-3-7-15-13(5-1)17(20-11-9-18-10-12-20)19-14-6-2-4-8-16(14)21-15;5-3(6)1-2-4(7)8/h1-8,18H,9-12H2;1-2H,(H,5,6)(H,7,8)/b;2-1-. The lowest BCUT2D eigenvalue weighted by molar-refractivity contribution is -0.134. The van der Waals surface area contributed by atoms with Crippen molar-refractivity contribution < 1.29 is 19.8 Å². The molecule has 0 bridgehead atoms. The van der Waals surface area contributed by atoms with E-state index in [1.165, 1.54) is 15.4 Å². The minimum Gasteiger partial charge on any atom is -0.478 e. The minimum absolute atomic E-state index is 0.558. The molecule has 0 radical (unpaired) electrons. The van der Waals surface area contributed by atoms with Crippen molar-refractivity contribution in [3.63, 3.8) is 0 Å². The number of aliphatic carboxylic acids is 2. The molecule has 0 aromatic heterocycles. The molecule has 1 saturated heterocycles. The average molecular weight is 411 g/mol. The largest absolute Gasteiger partial charge is 0.478 e. The van der Waals surface area contributed by atoms with Crippen LogP contribution < -0.4 is 5.32 Å². The van der Waals surface area contributed by atoms with Gasteiger partial charge in [0.05, 0.1) is 5.69 Å². The van der Waals surface area contributed by atoms with Gasteiger partial charge < -0.3 is 20.4 Å². The summed E-state index contributed by atoms with van der Waals surface area (Å²) in [5.41, 5.74) is 2.33. The molecule has 2 heterocycles. The van der Waals surface area contributed by atoms with Crippen LogP contribution in [0.15, 0.2) is 75.5 Å². The lowest BCUT2D eigenvalue weighted by Gasteiger charge is -2.30. The fourth-order valence-electron chi connectivity index (χ4n) is 2.93. The summed E-state index contributed by atoms with van der Waals surface area (Å²) < 4.78 is 0. The van der Waals surface area contributed by atoms with E-state index in [1.54, 1.807) is 0 Å². The maximum atomic E-state index is 9.55. The maximum absolute atomic E-state index is 9.55. The Morgan fingerprint density at radius 1 is 0.931 bits per heavy atom. The highest BCUT2D eigenvalue weighted by molar-refractivity contribution is 7.99. The van der Waals surface area contributed by atoms with Gasteiger partial charge in [-0.15, -0.1) is 0 Å². The second kappa shape index (κ2) is 9.90. The Balaban J connectivity index is 0.000000258. The number of piperazine rings is 1. The average Bonchev–Trinajstić information content (AvgIpc) is 2.90. The number of para-hydroxylation sites is 1. The van der Waals surface area contributed by atoms with E-state index in [0.29, 0.717) is 12.2 Å². The molecule has 4 rings (SSSR count). The second-order valence-electron chi connectivity index (χ2n) is 6.25. The Bertz CT molecular complexity index is 936. The van der Waals surface area contributed by atoms with E-state index < -0.39 is 11.9 Å². The molecule has 29 heavy (non-hydrogen) atoms. The van der Waals surface area contributed by atoms with Gasteiger partial charge in [0.15, 0.2) is 0 Å². The second-order valence-corrected chi connectivity index (χ2v) is 7.33. The highest BCUT2D eigenvalue weighted by atomic mass is 32.2. The topological polar surface area (TPSA) is 102 Å². The molecule has 3 N–H and O–H groups in total. The number of hydrogen-bond donors (Lipinski definition) is 3. The molecular weight excluding hydrogens is 390 g/mol. The van der Waals surface area contributed by atoms with Crippen molar-refractivity contribution in [2.24, 2.45) is 4.99 Å². The van der Waals surface area contributed by atoms with Crippen molar-refractivity contribution in [3.8, 4) is 0 Å². The summed E-state index contributed by atoms with van der Waals surface area (Å²) in [6.45, 7) is 4.08. The molecule has 0 spiro atoms. The summed E-state index contributed by atoms with van der Waals surface area (Å²) in [7, 11) is 0. The van der Waals surface area contributed by atoms with Crippen molar-refractivity contribution in [2.75, 3.05) is 26.2 Å². The summed E-state index contributed by atoms with van der Waals surface area (Å²) in [5, 5.41) is 19.0. The van der Waals surface area contributed by atoms with E-state index in [9.17, 15) is 9.59 Å². The van der Waals surface area contributed by atoms with Crippen LogP contribution in [0.2, 0.25) is 0 Å². The number of hydrogen-bond acceptors (Lipinski definition) is 6. The molecule has 0 amide bonds. The van der Waals surface area contributed by atoms with Crippen molar-refractivity contribution in [3.05, 3.63) is 66.2 Å². The molecule has 0 saturated carbocycles. The van der Waals surface area contributed by atoms with Crippen LogP contribution in [-0.4, -0.2) is 59.1 Å². The Hall–Kier alpha value is -3.10. The molecule has 150 valence electrons. The monoisotopic (exact) mass is 411 g/mol. The zero-order valence-corrected chi connectivity index (χ0v) is 16.4. The molecule has 2 aliphatic heterocycles. The lowest BCUT2D eigenvalue weighted by atomic mass is 10.1. The van der Waals surface area contributed by atoms with Gasteiger partial charge in [0, 0.05) is 53.7 Å². The van der Waals surface area contributed by atoms with E-state index >= 15 is 0 Å². The van der Waals surface area contributed by atoms with Gasteiger partial charge in [-0.1, -0.05) is 42.1 Å². The predicted molar refractivity (Wildman–Crippen MR) is 112 cm³/mol. The van der Waals surface area contributed by atoms with E-state index in [0.717, 1.165) is 37.7 Å². The number of nitrogens with zero attached hydrogens (tertiary/aromatic N) is 2. The van der Waals surface area contributed by atoms with Crippen LogP contribution in [0.1, 0.15) is 5.56 Å². The van der Waals surface area contributed by atoms with E-state index in [4.69, 9.17) is 15.2 Å².